The van der Waals surface area contributed by atoms with Crippen LogP contribution < -0.4 is 4.74 Å². The van der Waals surface area contributed by atoms with Gasteiger partial charge in [0.1, 0.15) is 5.75 Å². The third kappa shape index (κ3) is 5.27. The van der Waals surface area contributed by atoms with Gasteiger partial charge in [0, 0.05) is 5.57 Å². The zero-order chi connectivity index (χ0) is 19.4. The predicted octanol–water partition coefficient (Wildman–Crippen LogP) is 4.14. The monoisotopic (exact) mass is 366 g/mol. The number of esters is 2. The number of ether oxygens (including phenoxy) is 2. The molecule has 0 aliphatic heterocycles. The largest absolute Gasteiger partial charge is 0.452 e. The van der Waals surface area contributed by atoms with Gasteiger partial charge in [-0.25, -0.2) is 9.59 Å². The molecule has 4 nitrogen and oxygen atoms in total. The molecule has 0 fully saturated rings. The second-order valence-corrected chi connectivity index (χ2v) is 5.12. The molecule has 0 amide bonds. The van der Waals surface area contributed by atoms with Gasteiger partial charge in [-0.3, -0.25) is 0 Å². The molecule has 1 unspecified atom stereocenters. The maximum atomic E-state index is 14.1. The van der Waals surface area contributed by atoms with Gasteiger partial charge in [0.05, 0.1) is 5.56 Å². The van der Waals surface area contributed by atoms with Gasteiger partial charge in [-0.2, -0.15) is 22.0 Å². The molecule has 0 heterocycles. The molecule has 9 heteroatoms. The van der Waals surface area contributed by atoms with Crippen LogP contribution in [0.4, 0.5) is 22.0 Å². The minimum Gasteiger partial charge on any atom is -0.452 e. The molecule has 1 aromatic carbocycles. The molecule has 0 N–H and O–H groups in total. The molecule has 25 heavy (non-hydrogen) atoms. The second-order valence-electron chi connectivity index (χ2n) is 5.12. The summed E-state index contributed by atoms with van der Waals surface area (Å²) in [7, 11) is 0. The Morgan fingerprint density at radius 1 is 1.20 bits per heavy atom. The summed E-state index contributed by atoms with van der Waals surface area (Å²) in [6, 6.07) is 2.93. The van der Waals surface area contributed by atoms with Crippen LogP contribution in [0.25, 0.3) is 0 Å². The molecule has 0 spiro atoms. The number of carbonyl (C=O) groups is 2. The number of hydrogen-bond donors (Lipinski definition) is 0. The molecule has 1 aromatic rings. The predicted molar refractivity (Wildman–Crippen MR) is 77.0 cm³/mol. The van der Waals surface area contributed by atoms with Crippen molar-refractivity contribution in [3.8, 4) is 5.75 Å². The van der Waals surface area contributed by atoms with E-state index in [1.807, 2.05) is 0 Å². The van der Waals surface area contributed by atoms with Crippen LogP contribution in [0.5, 0.6) is 5.75 Å². The van der Waals surface area contributed by atoms with Crippen molar-refractivity contribution in [1.82, 2.24) is 0 Å². The smallest absolute Gasteiger partial charge is 0.416 e. The first-order valence-electron chi connectivity index (χ1n) is 7.03. The molecule has 0 saturated carbocycles. The van der Waals surface area contributed by atoms with Crippen LogP contribution in [0.1, 0.15) is 25.8 Å². The SMILES string of the molecule is C=C(C)C(=O)OC(CC)C(F)(F)C(=O)Oc1cccc(C(F)(F)F)c1. The maximum Gasteiger partial charge on any atom is 0.416 e. The lowest BCUT2D eigenvalue weighted by Gasteiger charge is -2.24. The molecular formula is C16H15F5O4. The van der Waals surface area contributed by atoms with Crippen molar-refractivity contribution in [2.24, 2.45) is 0 Å². The van der Waals surface area contributed by atoms with Gasteiger partial charge in [0.25, 0.3) is 0 Å². The number of rotatable bonds is 6. The average Bonchev–Trinajstić information content (AvgIpc) is 2.51. The van der Waals surface area contributed by atoms with E-state index in [1.54, 1.807) is 0 Å². The summed E-state index contributed by atoms with van der Waals surface area (Å²) < 4.78 is 74.8. The fraction of sp³-hybridized carbons (Fsp3) is 0.375. The molecule has 1 rings (SSSR count). The van der Waals surface area contributed by atoms with Crippen molar-refractivity contribution in [3.05, 3.63) is 42.0 Å². The van der Waals surface area contributed by atoms with E-state index in [-0.39, 0.29) is 5.57 Å². The van der Waals surface area contributed by atoms with Crippen LogP contribution in [-0.2, 0) is 20.5 Å². The second kappa shape index (κ2) is 7.62. The fourth-order valence-corrected chi connectivity index (χ4v) is 1.69. The van der Waals surface area contributed by atoms with E-state index >= 15 is 0 Å². The van der Waals surface area contributed by atoms with Gasteiger partial charge >= 0.3 is 24.0 Å². The summed E-state index contributed by atoms with van der Waals surface area (Å²) in [6.07, 6.45) is -7.30. The van der Waals surface area contributed by atoms with Crippen LogP contribution in [0, 0.1) is 0 Å². The first-order valence-corrected chi connectivity index (χ1v) is 7.03. The van der Waals surface area contributed by atoms with Crippen molar-refractivity contribution in [1.29, 1.82) is 0 Å². The van der Waals surface area contributed by atoms with E-state index in [0.29, 0.717) is 12.1 Å². The topological polar surface area (TPSA) is 52.6 Å². The molecular weight excluding hydrogens is 351 g/mol. The minimum absolute atomic E-state index is 0.152. The molecule has 138 valence electrons. The van der Waals surface area contributed by atoms with E-state index in [0.717, 1.165) is 12.1 Å². The molecule has 0 aliphatic rings. The number of benzene rings is 1. The summed E-state index contributed by atoms with van der Waals surface area (Å²) in [5.74, 6) is -8.22. The Labute approximate surface area is 140 Å². The lowest BCUT2D eigenvalue weighted by Crippen LogP contribution is -2.46. The lowest BCUT2D eigenvalue weighted by molar-refractivity contribution is -0.189. The Bertz CT molecular complexity index is 667. The summed E-state index contributed by atoms with van der Waals surface area (Å²) in [5, 5.41) is 0. The summed E-state index contributed by atoms with van der Waals surface area (Å²) >= 11 is 0. The molecule has 0 radical (unpaired) electrons. The quantitative estimate of drug-likeness (QED) is 0.329. The minimum atomic E-state index is -4.73. The Hall–Kier alpha value is -2.45. The van der Waals surface area contributed by atoms with E-state index in [2.05, 4.69) is 16.1 Å². The normalized spacial score (nSPS) is 13.1. The van der Waals surface area contributed by atoms with Crippen molar-refractivity contribution in [2.45, 2.75) is 38.5 Å². The first-order chi connectivity index (χ1) is 11.4. The highest BCUT2D eigenvalue weighted by atomic mass is 19.4. The maximum absolute atomic E-state index is 14.1. The lowest BCUT2D eigenvalue weighted by atomic mass is 10.1. The highest BCUT2D eigenvalue weighted by Crippen LogP contribution is 2.32. The van der Waals surface area contributed by atoms with Crippen molar-refractivity contribution in [3.63, 3.8) is 0 Å². The summed E-state index contributed by atoms with van der Waals surface area (Å²) in [5.41, 5.74) is -1.32. The van der Waals surface area contributed by atoms with Crippen LogP contribution >= 0.6 is 0 Å². The highest BCUT2D eigenvalue weighted by Gasteiger charge is 2.51. The third-order valence-corrected chi connectivity index (χ3v) is 3.02. The summed E-state index contributed by atoms with van der Waals surface area (Å²) in [6.45, 7) is 5.70. The zero-order valence-electron chi connectivity index (χ0n) is 13.3. The summed E-state index contributed by atoms with van der Waals surface area (Å²) in [4.78, 5) is 23.0. The van der Waals surface area contributed by atoms with Crippen LogP contribution in [0.2, 0.25) is 0 Å². The number of hydrogen-bond acceptors (Lipinski definition) is 4. The Balaban J connectivity index is 2.97. The van der Waals surface area contributed by atoms with Gasteiger partial charge in [0.2, 0.25) is 0 Å². The van der Waals surface area contributed by atoms with Crippen molar-refractivity contribution >= 4 is 11.9 Å². The number of alkyl halides is 5. The average molecular weight is 366 g/mol. The number of carbonyl (C=O) groups excluding carboxylic acids is 2. The van der Waals surface area contributed by atoms with Crippen molar-refractivity contribution in [2.75, 3.05) is 0 Å². The Morgan fingerprint density at radius 3 is 2.28 bits per heavy atom. The van der Waals surface area contributed by atoms with Crippen LogP contribution in [0.3, 0.4) is 0 Å². The molecule has 0 aliphatic carbocycles. The fourth-order valence-electron chi connectivity index (χ4n) is 1.69. The molecule has 0 aromatic heterocycles. The standard InChI is InChI=1S/C16H15F5O4/c1-4-12(25-13(22)9(2)3)15(17,18)14(23)24-11-7-5-6-10(8-11)16(19,20)21/h5-8,12H,2,4H2,1,3H3. The zero-order valence-corrected chi connectivity index (χ0v) is 13.3. The number of halogens is 5. The van der Waals surface area contributed by atoms with E-state index in [1.165, 1.54) is 13.8 Å². The van der Waals surface area contributed by atoms with E-state index in [9.17, 15) is 31.5 Å². The first kappa shape index (κ1) is 20.6. The van der Waals surface area contributed by atoms with Crippen LogP contribution in [-0.4, -0.2) is 24.0 Å². The Morgan fingerprint density at radius 2 is 1.80 bits per heavy atom. The Kier molecular flexibility index (Phi) is 6.28. The van der Waals surface area contributed by atoms with E-state index < -0.39 is 47.9 Å². The van der Waals surface area contributed by atoms with Crippen LogP contribution in [0.15, 0.2) is 36.4 Å². The molecule has 0 bridgehead atoms. The van der Waals surface area contributed by atoms with Gasteiger partial charge in [-0.05, 0) is 31.5 Å². The van der Waals surface area contributed by atoms with Gasteiger partial charge in [0.15, 0.2) is 6.10 Å². The van der Waals surface area contributed by atoms with Gasteiger partial charge in [-0.1, -0.05) is 19.6 Å². The highest BCUT2D eigenvalue weighted by molar-refractivity contribution is 5.88. The molecule has 1 atom stereocenters. The third-order valence-electron chi connectivity index (χ3n) is 3.02. The van der Waals surface area contributed by atoms with Crippen molar-refractivity contribution < 1.29 is 41.0 Å². The molecule has 0 saturated heterocycles. The van der Waals surface area contributed by atoms with Gasteiger partial charge < -0.3 is 9.47 Å². The van der Waals surface area contributed by atoms with E-state index in [4.69, 9.17) is 0 Å². The van der Waals surface area contributed by atoms with Gasteiger partial charge in [-0.15, -0.1) is 0 Å².